The summed E-state index contributed by atoms with van der Waals surface area (Å²) in [5.74, 6) is -1.98. The minimum Gasteiger partial charge on any atom is -0.507 e. The first-order valence-electron chi connectivity index (χ1n) is 9.50. The normalized spacial score (nSPS) is 25.8. The Hall–Kier alpha value is -3.35. The molecule has 5 unspecified atom stereocenters. The SMILES string of the molecule is O=c1cc(-c2ccc(O)c(O)c2)oc2cc(O)c(CC3OC(O)C(O)C(O)C3O)c(O)c12. The van der Waals surface area contributed by atoms with Gasteiger partial charge in [0.1, 0.15) is 46.5 Å². The number of benzene rings is 2. The molecule has 3 aromatic rings. The van der Waals surface area contributed by atoms with Crippen molar-refractivity contribution in [2.75, 3.05) is 0 Å². The molecule has 0 radical (unpaired) electrons. The van der Waals surface area contributed by atoms with E-state index in [1.54, 1.807) is 0 Å². The van der Waals surface area contributed by atoms with Crippen LogP contribution in [0.15, 0.2) is 39.5 Å². The number of aliphatic hydroxyl groups is 4. The second-order valence-electron chi connectivity index (χ2n) is 7.52. The fourth-order valence-corrected chi connectivity index (χ4v) is 3.65. The van der Waals surface area contributed by atoms with Gasteiger partial charge in [-0.05, 0) is 18.2 Å². The Kier molecular flexibility index (Phi) is 5.44. The van der Waals surface area contributed by atoms with E-state index in [0.717, 1.165) is 12.1 Å². The standard InChI is InChI=1S/C21H20O11/c22-9-2-1-7(3-11(9)24)13-6-12(25)16-14(31-13)5-10(23)8(17(16)26)4-15-18(27)19(28)20(29)21(30)32-15/h1-3,5-6,15,18-24,26-30H,4H2. The lowest BCUT2D eigenvalue weighted by Crippen LogP contribution is -2.57. The van der Waals surface area contributed by atoms with Gasteiger partial charge in [-0.25, -0.2) is 0 Å². The van der Waals surface area contributed by atoms with Gasteiger partial charge < -0.3 is 50.0 Å². The third-order valence-corrected chi connectivity index (χ3v) is 5.43. The zero-order chi connectivity index (χ0) is 23.3. The van der Waals surface area contributed by atoms with E-state index in [1.807, 2.05) is 0 Å². The van der Waals surface area contributed by atoms with Gasteiger partial charge >= 0.3 is 0 Å². The van der Waals surface area contributed by atoms with Crippen LogP contribution in [0.25, 0.3) is 22.3 Å². The van der Waals surface area contributed by atoms with Crippen LogP contribution in [-0.2, 0) is 11.2 Å². The summed E-state index contributed by atoms with van der Waals surface area (Å²) in [7, 11) is 0. The van der Waals surface area contributed by atoms with Crippen molar-refractivity contribution in [3.63, 3.8) is 0 Å². The van der Waals surface area contributed by atoms with Crippen molar-refractivity contribution in [1.29, 1.82) is 0 Å². The molecule has 1 aliphatic heterocycles. The molecule has 0 amide bonds. The average molecular weight is 448 g/mol. The van der Waals surface area contributed by atoms with Gasteiger partial charge in [-0.3, -0.25) is 4.79 Å². The van der Waals surface area contributed by atoms with Gasteiger partial charge in [-0.1, -0.05) is 0 Å². The first kappa shape index (κ1) is 21.9. The number of hydrogen-bond donors (Lipinski definition) is 8. The molecular weight excluding hydrogens is 428 g/mol. The molecule has 1 aliphatic rings. The van der Waals surface area contributed by atoms with Crippen LogP contribution in [0.1, 0.15) is 5.56 Å². The van der Waals surface area contributed by atoms with Crippen molar-refractivity contribution in [3.05, 3.63) is 46.1 Å². The summed E-state index contributed by atoms with van der Waals surface area (Å²) in [6, 6.07) is 5.86. The first-order chi connectivity index (χ1) is 15.1. The lowest BCUT2D eigenvalue weighted by Gasteiger charge is -2.38. The molecular formula is C21H20O11. The fraction of sp³-hybridized carbons (Fsp3) is 0.286. The maximum Gasteiger partial charge on any atom is 0.197 e. The molecule has 1 saturated heterocycles. The zero-order valence-electron chi connectivity index (χ0n) is 16.3. The monoisotopic (exact) mass is 448 g/mol. The lowest BCUT2D eigenvalue weighted by atomic mass is 9.93. The molecule has 0 aliphatic carbocycles. The topological polar surface area (TPSA) is 201 Å². The van der Waals surface area contributed by atoms with Gasteiger partial charge in [0.25, 0.3) is 0 Å². The summed E-state index contributed by atoms with van der Waals surface area (Å²) in [4.78, 5) is 12.7. The van der Waals surface area contributed by atoms with Gasteiger partial charge in [-0.2, -0.15) is 0 Å². The van der Waals surface area contributed by atoms with Gasteiger partial charge in [0.2, 0.25) is 0 Å². The van der Waals surface area contributed by atoms with Crippen LogP contribution in [0.5, 0.6) is 23.0 Å². The number of hydrogen-bond acceptors (Lipinski definition) is 11. The van der Waals surface area contributed by atoms with E-state index in [1.165, 1.54) is 18.2 Å². The number of rotatable bonds is 3. The molecule has 5 atom stereocenters. The Bertz CT molecular complexity index is 1230. The smallest absolute Gasteiger partial charge is 0.197 e. The van der Waals surface area contributed by atoms with Crippen LogP contribution in [0, 0.1) is 0 Å². The first-order valence-corrected chi connectivity index (χ1v) is 9.50. The third-order valence-electron chi connectivity index (χ3n) is 5.43. The van der Waals surface area contributed by atoms with Crippen molar-refractivity contribution < 1.29 is 50.0 Å². The van der Waals surface area contributed by atoms with Crippen molar-refractivity contribution in [3.8, 4) is 34.3 Å². The lowest BCUT2D eigenvalue weighted by molar-refractivity contribution is -0.281. The fourth-order valence-electron chi connectivity index (χ4n) is 3.65. The quantitative estimate of drug-likeness (QED) is 0.243. The van der Waals surface area contributed by atoms with Crippen molar-refractivity contribution in [1.82, 2.24) is 0 Å². The van der Waals surface area contributed by atoms with Crippen LogP contribution < -0.4 is 5.43 Å². The Morgan fingerprint density at radius 3 is 2.22 bits per heavy atom. The second-order valence-corrected chi connectivity index (χ2v) is 7.52. The molecule has 8 N–H and O–H groups in total. The summed E-state index contributed by atoms with van der Waals surface area (Å²) >= 11 is 0. The third kappa shape index (κ3) is 3.61. The zero-order valence-corrected chi connectivity index (χ0v) is 16.3. The van der Waals surface area contributed by atoms with E-state index in [9.17, 15) is 45.6 Å². The Morgan fingerprint density at radius 2 is 1.53 bits per heavy atom. The van der Waals surface area contributed by atoms with E-state index in [4.69, 9.17) is 9.15 Å². The van der Waals surface area contributed by atoms with E-state index < -0.39 is 59.8 Å². The summed E-state index contributed by atoms with van der Waals surface area (Å²) in [5, 5.41) is 79.1. The Balaban J connectivity index is 1.76. The molecule has 1 aromatic heterocycles. The molecule has 170 valence electrons. The van der Waals surface area contributed by atoms with Crippen LogP contribution in [-0.4, -0.2) is 71.6 Å². The number of aromatic hydroxyl groups is 4. The minimum absolute atomic E-state index is 0.00406. The van der Waals surface area contributed by atoms with Crippen molar-refractivity contribution in [2.45, 2.75) is 37.1 Å². The summed E-state index contributed by atoms with van der Waals surface area (Å²) in [6.45, 7) is 0. The van der Waals surface area contributed by atoms with Crippen molar-refractivity contribution >= 4 is 11.0 Å². The van der Waals surface area contributed by atoms with E-state index in [-0.39, 0.29) is 33.6 Å². The van der Waals surface area contributed by atoms with Crippen LogP contribution >= 0.6 is 0 Å². The largest absolute Gasteiger partial charge is 0.507 e. The number of ether oxygens (including phenoxy) is 1. The molecule has 2 aromatic carbocycles. The number of fused-ring (bicyclic) bond motifs is 1. The van der Waals surface area contributed by atoms with Crippen LogP contribution in [0.3, 0.4) is 0 Å². The molecule has 32 heavy (non-hydrogen) atoms. The summed E-state index contributed by atoms with van der Waals surface area (Å²) < 4.78 is 10.7. The molecule has 0 spiro atoms. The highest BCUT2D eigenvalue weighted by Crippen LogP contribution is 2.38. The molecule has 11 nitrogen and oxygen atoms in total. The van der Waals surface area contributed by atoms with Gasteiger partial charge in [0.15, 0.2) is 23.2 Å². The highest BCUT2D eigenvalue weighted by atomic mass is 16.6. The number of phenolic OH excluding ortho intramolecular Hbond substituents is 4. The van der Waals surface area contributed by atoms with Gasteiger partial charge in [0.05, 0.1) is 6.10 Å². The number of aliphatic hydroxyl groups excluding tert-OH is 4. The van der Waals surface area contributed by atoms with E-state index in [2.05, 4.69) is 0 Å². The van der Waals surface area contributed by atoms with Gasteiger partial charge in [-0.15, -0.1) is 0 Å². The maximum atomic E-state index is 12.7. The second kappa shape index (κ2) is 7.97. The minimum atomic E-state index is -1.81. The van der Waals surface area contributed by atoms with E-state index in [0.29, 0.717) is 0 Å². The van der Waals surface area contributed by atoms with Crippen LogP contribution in [0.4, 0.5) is 0 Å². The molecule has 2 heterocycles. The Labute approximate surface area is 179 Å². The average Bonchev–Trinajstić information content (AvgIpc) is 2.74. The predicted octanol–water partition coefficient (Wildman–Crippen LogP) is -0.375. The summed E-state index contributed by atoms with van der Waals surface area (Å²) in [6.07, 6.45) is -8.67. The van der Waals surface area contributed by atoms with E-state index >= 15 is 0 Å². The van der Waals surface area contributed by atoms with Crippen LogP contribution in [0.2, 0.25) is 0 Å². The molecule has 0 saturated carbocycles. The number of phenols is 4. The Morgan fingerprint density at radius 1 is 0.812 bits per heavy atom. The van der Waals surface area contributed by atoms with Gasteiger partial charge in [0, 0.05) is 29.7 Å². The predicted molar refractivity (Wildman–Crippen MR) is 107 cm³/mol. The highest BCUT2D eigenvalue weighted by Gasteiger charge is 2.43. The molecule has 11 heteroatoms. The maximum absolute atomic E-state index is 12.7. The van der Waals surface area contributed by atoms with Crippen molar-refractivity contribution in [2.24, 2.45) is 0 Å². The summed E-state index contributed by atoms with van der Waals surface area (Å²) in [5.41, 5.74) is -0.824. The molecule has 0 bridgehead atoms. The molecule has 4 rings (SSSR count). The molecule has 1 fully saturated rings. The highest BCUT2D eigenvalue weighted by molar-refractivity contribution is 5.88.